The van der Waals surface area contributed by atoms with Crippen molar-refractivity contribution in [1.82, 2.24) is 16.1 Å². The lowest BCUT2D eigenvalue weighted by Gasteiger charge is -2.03. The maximum Gasteiger partial charge on any atom is 0.269 e. The van der Waals surface area contributed by atoms with Crippen molar-refractivity contribution in [2.75, 3.05) is 0 Å². The Labute approximate surface area is 73.2 Å². The summed E-state index contributed by atoms with van der Waals surface area (Å²) >= 11 is 0. The second-order valence-corrected chi connectivity index (χ2v) is 1.91. The van der Waals surface area contributed by atoms with E-state index in [1.54, 1.807) is 0 Å². The number of hydrogen-bond donors (Lipinski definition) is 2. The van der Waals surface area contributed by atoms with Crippen LogP contribution in [-0.2, 0) is 0 Å². The number of amides is 1. The van der Waals surface area contributed by atoms with E-state index < -0.39 is 23.3 Å². The summed E-state index contributed by atoms with van der Waals surface area (Å²) in [5.41, 5.74) is 3.89. The van der Waals surface area contributed by atoms with Gasteiger partial charge in [0.15, 0.2) is 5.69 Å². The van der Waals surface area contributed by atoms with Crippen LogP contribution in [0.3, 0.4) is 0 Å². The third-order valence-electron chi connectivity index (χ3n) is 1.12. The molecule has 1 aromatic heterocycles. The van der Waals surface area contributed by atoms with Crippen LogP contribution in [0.1, 0.15) is 21.0 Å². The zero-order valence-corrected chi connectivity index (χ0v) is 6.85. The molecule has 6 N–H and O–H groups in total. The number of hydrogen-bond acceptors (Lipinski definition) is 5. The van der Waals surface area contributed by atoms with Gasteiger partial charge in [0, 0.05) is 12.4 Å². The summed E-state index contributed by atoms with van der Waals surface area (Å²) in [4.78, 5) is 27.7. The molecule has 1 heterocycles. The highest BCUT2D eigenvalue weighted by Crippen LogP contribution is 1.97. The van der Waals surface area contributed by atoms with E-state index in [-0.39, 0.29) is 6.15 Å². The SMILES string of the molecule is NC(=O)c1nccnc1C(=O)[O-].[NH4+]. The van der Waals surface area contributed by atoms with Gasteiger partial charge in [-0.15, -0.1) is 0 Å². The summed E-state index contributed by atoms with van der Waals surface area (Å²) in [6.45, 7) is 0. The van der Waals surface area contributed by atoms with Crippen LogP contribution in [0.25, 0.3) is 0 Å². The Balaban J connectivity index is 0.00000144. The van der Waals surface area contributed by atoms with Crippen molar-refractivity contribution in [2.45, 2.75) is 0 Å². The quantitative estimate of drug-likeness (QED) is 0.563. The van der Waals surface area contributed by atoms with E-state index in [0.717, 1.165) is 6.20 Å². The predicted molar refractivity (Wildman–Crippen MR) is 40.9 cm³/mol. The summed E-state index contributed by atoms with van der Waals surface area (Å²) < 4.78 is 0. The molecule has 1 aromatic rings. The highest BCUT2D eigenvalue weighted by molar-refractivity contribution is 6.00. The van der Waals surface area contributed by atoms with Crippen molar-refractivity contribution >= 4 is 11.9 Å². The van der Waals surface area contributed by atoms with Gasteiger partial charge in [-0.3, -0.25) is 9.78 Å². The number of carbonyl (C=O) groups is 2. The maximum atomic E-state index is 10.6. The number of quaternary nitrogens is 1. The van der Waals surface area contributed by atoms with Gasteiger partial charge in [-0.25, -0.2) is 4.98 Å². The number of nitrogens with zero attached hydrogens (tertiary/aromatic N) is 2. The van der Waals surface area contributed by atoms with Crippen LogP contribution >= 0.6 is 0 Å². The van der Waals surface area contributed by atoms with Gasteiger partial charge in [-0.2, -0.15) is 0 Å². The van der Waals surface area contributed by atoms with E-state index in [1.165, 1.54) is 6.20 Å². The Kier molecular flexibility index (Phi) is 3.48. The lowest BCUT2D eigenvalue weighted by molar-refractivity contribution is -0.255. The van der Waals surface area contributed by atoms with Gasteiger partial charge in [0.05, 0.1) is 5.97 Å². The van der Waals surface area contributed by atoms with Crippen LogP contribution in [0.4, 0.5) is 0 Å². The van der Waals surface area contributed by atoms with Gasteiger partial charge < -0.3 is 21.8 Å². The van der Waals surface area contributed by atoms with Gasteiger partial charge in [0.25, 0.3) is 5.91 Å². The summed E-state index contributed by atoms with van der Waals surface area (Å²) in [5.74, 6) is -2.51. The summed E-state index contributed by atoms with van der Waals surface area (Å²) in [6, 6.07) is 0. The summed E-state index contributed by atoms with van der Waals surface area (Å²) in [5, 5.41) is 10.3. The van der Waals surface area contributed by atoms with Gasteiger partial charge in [-0.05, 0) is 0 Å². The largest absolute Gasteiger partial charge is 0.543 e. The molecule has 0 bridgehead atoms. The Morgan fingerprint density at radius 3 is 2.00 bits per heavy atom. The molecule has 13 heavy (non-hydrogen) atoms. The summed E-state index contributed by atoms with van der Waals surface area (Å²) in [6.07, 6.45) is 2.31. The van der Waals surface area contributed by atoms with Crippen LogP contribution < -0.4 is 17.0 Å². The second kappa shape index (κ2) is 4.12. The molecule has 7 heteroatoms. The molecule has 0 saturated carbocycles. The lowest BCUT2D eigenvalue weighted by Crippen LogP contribution is -2.28. The molecule has 7 nitrogen and oxygen atoms in total. The van der Waals surface area contributed by atoms with Crippen LogP contribution in [-0.4, -0.2) is 21.8 Å². The van der Waals surface area contributed by atoms with E-state index in [1.807, 2.05) is 0 Å². The van der Waals surface area contributed by atoms with Crippen molar-refractivity contribution in [3.05, 3.63) is 23.8 Å². The fourth-order valence-electron chi connectivity index (χ4n) is 0.668. The molecular formula is C6H8N4O3. The van der Waals surface area contributed by atoms with E-state index >= 15 is 0 Å². The number of carboxylic acid groups (broad SMARTS) is 1. The predicted octanol–water partition coefficient (Wildman–Crippen LogP) is -1.68. The molecule has 0 aliphatic rings. The molecule has 0 spiro atoms. The van der Waals surface area contributed by atoms with Crippen molar-refractivity contribution < 1.29 is 14.7 Å². The Hall–Kier alpha value is -2.02. The third-order valence-corrected chi connectivity index (χ3v) is 1.12. The number of rotatable bonds is 2. The number of carbonyl (C=O) groups excluding carboxylic acids is 2. The minimum Gasteiger partial charge on any atom is -0.543 e. The molecule has 1 rings (SSSR count). The smallest absolute Gasteiger partial charge is 0.269 e. The first-order valence-electron chi connectivity index (χ1n) is 2.95. The van der Waals surface area contributed by atoms with Gasteiger partial charge >= 0.3 is 0 Å². The number of nitrogens with two attached hydrogens (primary N) is 1. The molecule has 0 fully saturated rings. The average molecular weight is 184 g/mol. The van der Waals surface area contributed by atoms with Crippen LogP contribution in [0, 0.1) is 0 Å². The molecule has 0 aliphatic heterocycles. The van der Waals surface area contributed by atoms with Crippen LogP contribution in [0.5, 0.6) is 0 Å². The first-order valence-corrected chi connectivity index (χ1v) is 2.95. The first kappa shape index (κ1) is 11.0. The monoisotopic (exact) mass is 184 g/mol. The molecule has 0 unspecified atom stereocenters. The van der Waals surface area contributed by atoms with E-state index in [2.05, 4.69) is 9.97 Å². The first-order chi connectivity index (χ1) is 5.63. The van der Waals surface area contributed by atoms with E-state index in [4.69, 9.17) is 5.73 Å². The Morgan fingerprint density at radius 2 is 1.69 bits per heavy atom. The van der Waals surface area contributed by atoms with E-state index in [0.29, 0.717) is 0 Å². The summed E-state index contributed by atoms with van der Waals surface area (Å²) in [7, 11) is 0. The molecule has 70 valence electrons. The number of aromatic carboxylic acids is 1. The van der Waals surface area contributed by atoms with Crippen molar-refractivity contribution in [2.24, 2.45) is 5.73 Å². The van der Waals surface area contributed by atoms with Crippen molar-refractivity contribution in [3.63, 3.8) is 0 Å². The molecule has 0 aliphatic carbocycles. The number of carboxylic acids is 1. The van der Waals surface area contributed by atoms with Crippen LogP contribution in [0.15, 0.2) is 12.4 Å². The molecule has 0 saturated heterocycles. The van der Waals surface area contributed by atoms with Gasteiger partial charge in [0.2, 0.25) is 0 Å². The molecule has 0 aromatic carbocycles. The second-order valence-electron chi connectivity index (χ2n) is 1.91. The highest BCUT2D eigenvalue weighted by atomic mass is 16.4. The zero-order valence-electron chi connectivity index (χ0n) is 6.85. The Bertz CT molecular complexity index is 305. The average Bonchev–Trinajstić information content (AvgIpc) is 2.04. The maximum absolute atomic E-state index is 10.6. The molecule has 1 amide bonds. The fourth-order valence-corrected chi connectivity index (χ4v) is 0.668. The van der Waals surface area contributed by atoms with Crippen molar-refractivity contribution in [1.29, 1.82) is 0 Å². The molecule has 0 radical (unpaired) electrons. The van der Waals surface area contributed by atoms with Crippen LogP contribution in [0.2, 0.25) is 0 Å². The Morgan fingerprint density at radius 1 is 1.23 bits per heavy atom. The van der Waals surface area contributed by atoms with Gasteiger partial charge in [0.1, 0.15) is 5.69 Å². The topological polar surface area (TPSA) is 146 Å². The molecular weight excluding hydrogens is 176 g/mol. The molecule has 0 atom stereocenters. The third kappa shape index (κ3) is 2.20. The fraction of sp³-hybridized carbons (Fsp3) is 0. The minimum atomic E-state index is -1.57. The van der Waals surface area contributed by atoms with E-state index in [9.17, 15) is 14.7 Å². The number of primary amides is 1. The van der Waals surface area contributed by atoms with Gasteiger partial charge in [-0.1, -0.05) is 0 Å². The standard InChI is InChI=1S/C6H5N3O3.H3N/c7-5(10)3-4(6(11)12)9-2-1-8-3;/h1-2H,(H2,7,10)(H,11,12);1H3. The minimum absolute atomic E-state index is 0. The highest BCUT2D eigenvalue weighted by Gasteiger charge is 2.10. The normalized spacial score (nSPS) is 8.62. The zero-order chi connectivity index (χ0) is 9.14. The lowest BCUT2D eigenvalue weighted by atomic mass is 10.3. The van der Waals surface area contributed by atoms with Crippen molar-refractivity contribution in [3.8, 4) is 0 Å². The number of aromatic nitrogens is 2.